The Hall–Kier alpha value is -2.69. The van der Waals surface area contributed by atoms with E-state index in [4.69, 9.17) is 14.2 Å². The van der Waals surface area contributed by atoms with Gasteiger partial charge in [0, 0.05) is 0 Å². The second-order valence-corrected chi connectivity index (χ2v) is 6.61. The van der Waals surface area contributed by atoms with Crippen molar-refractivity contribution in [2.24, 2.45) is 0 Å². The van der Waals surface area contributed by atoms with Crippen molar-refractivity contribution in [3.63, 3.8) is 0 Å². The number of ether oxygens (including phenoxy) is 3. The van der Waals surface area contributed by atoms with Crippen LogP contribution in [-0.4, -0.2) is 26.2 Å². The minimum Gasteiger partial charge on any atom is -0.493 e. The molecule has 0 spiro atoms. The number of aryl methyl sites for hydroxylation is 2. The van der Waals surface area contributed by atoms with Crippen molar-refractivity contribution in [2.75, 3.05) is 14.2 Å². The van der Waals surface area contributed by atoms with Crippen LogP contribution in [0.2, 0.25) is 0 Å². The Bertz CT molecular complexity index is 788. The van der Waals surface area contributed by atoms with E-state index in [-0.39, 0.29) is 11.9 Å². The molecule has 0 aromatic heterocycles. The van der Waals surface area contributed by atoms with E-state index >= 15 is 0 Å². The Balaban J connectivity index is 2.11. The maximum Gasteiger partial charge on any atom is 0.261 e. The van der Waals surface area contributed by atoms with Crippen LogP contribution < -0.4 is 19.5 Å². The zero-order valence-electron chi connectivity index (χ0n) is 17.0. The third-order valence-electron chi connectivity index (χ3n) is 4.55. The number of carbonyl (C=O) groups is 1. The third-order valence-corrected chi connectivity index (χ3v) is 4.55. The molecule has 0 saturated heterocycles. The van der Waals surface area contributed by atoms with Gasteiger partial charge in [-0.05, 0) is 62.1 Å². The SMILES string of the molecule is CCC(NC(=O)C(C)Oc1cc(C)ccc1C)c1ccc(OC)c(OC)c1. The minimum absolute atomic E-state index is 0.137. The summed E-state index contributed by atoms with van der Waals surface area (Å²) in [7, 11) is 3.20. The van der Waals surface area contributed by atoms with Crippen molar-refractivity contribution in [1.82, 2.24) is 5.32 Å². The first-order valence-corrected chi connectivity index (χ1v) is 9.15. The van der Waals surface area contributed by atoms with Gasteiger partial charge >= 0.3 is 0 Å². The Morgan fingerprint density at radius 3 is 2.33 bits per heavy atom. The molecule has 5 nitrogen and oxygen atoms in total. The van der Waals surface area contributed by atoms with Gasteiger partial charge in [-0.3, -0.25) is 4.79 Å². The van der Waals surface area contributed by atoms with E-state index in [1.54, 1.807) is 21.1 Å². The summed E-state index contributed by atoms with van der Waals surface area (Å²) in [5, 5.41) is 3.07. The Morgan fingerprint density at radius 2 is 1.70 bits per heavy atom. The number of hydrogen-bond acceptors (Lipinski definition) is 4. The van der Waals surface area contributed by atoms with Crippen LogP contribution in [0.4, 0.5) is 0 Å². The predicted molar refractivity (Wildman–Crippen MR) is 107 cm³/mol. The van der Waals surface area contributed by atoms with Gasteiger partial charge in [0.2, 0.25) is 0 Å². The van der Waals surface area contributed by atoms with Crippen LogP contribution in [0.1, 0.15) is 43.0 Å². The summed E-state index contributed by atoms with van der Waals surface area (Å²) in [6.45, 7) is 7.76. The molecule has 27 heavy (non-hydrogen) atoms. The maximum atomic E-state index is 12.7. The van der Waals surface area contributed by atoms with Gasteiger partial charge in [-0.25, -0.2) is 0 Å². The highest BCUT2D eigenvalue weighted by Gasteiger charge is 2.21. The van der Waals surface area contributed by atoms with Crippen LogP contribution in [0.5, 0.6) is 17.2 Å². The second-order valence-electron chi connectivity index (χ2n) is 6.61. The van der Waals surface area contributed by atoms with Crippen LogP contribution in [0.15, 0.2) is 36.4 Å². The number of methoxy groups -OCH3 is 2. The summed E-state index contributed by atoms with van der Waals surface area (Å²) in [4.78, 5) is 12.7. The smallest absolute Gasteiger partial charge is 0.261 e. The number of carbonyl (C=O) groups excluding carboxylic acids is 1. The van der Waals surface area contributed by atoms with Crippen molar-refractivity contribution < 1.29 is 19.0 Å². The van der Waals surface area contributed by atoms with Crippen LogP contribution in [0.3, 0.4) is 0 Å². The molecule has 1 amide bonds. The summed E-state index contributed by atoms with van der Waals surface area (Å²) in [5.41, 5.74) is 3.06. The monoisotopic (exact) mass is 371 g/mol. The summed E-state index contributed by atoms with van der Waals surface area (Å²) in [6.07, 6.45) is 0.150. The Morgan fingerprint density at radius 1 is 1.00 bits per heavy atom. The molecule has 0 aliphatic heterocycles. The van der Waals surface area contributed by atoms with E-state index in [9.17, 15) is 4.79 Å². The number of nitrogens with one attached hydrogen (secondary N) is 1. The highest BCUT2D eigenvalue weighted by molar-refractivity contribution is 5.81. The molecule has 0 bridgehead atoms. The van der Waals surface area contributed by atoms with Crippen LogP contribution in [-0.2, 0) is 4.79 Å². The van der Waals surface area contributed by atoms with Gasteiger partial charge in [-0.1, -0.05) is 25.1 Å². The molecule has 0 aliphatic rings. The summed E-state index contributed by atoms with van der Waals surface area (Å²) >= 11 is 0. The lowest BCUT2D eigenvalue weighted by molar-refractivity contribution is -0.128. The topological polar surface area (TPSA) is 56.8 Å². The molecule has 5 heteroatoms. The fraction of sp³-hybridized carbons (Fsp3) is 0.409. The first-order valence-electron chi connectivity index (χ1n) is 9.15. The average molecular weight is 371 g/mol. The molecule has 2 aromatic rings. The molecule has 2 aromatic carbocycles. The van der Waals surface area contributed by atoms with Gasteiger partial charge in [-0.15, -0.1) is 0 Å². The van der Waals surface area contributed by atoms with Gasteiger partial charge < -0.3 is 19.5 Å². The van der Waals surface area contributed by atoms with E-state index < -0.39 is 6.10 Å². The molecule has 0 fully saturated rings. The van der Waals surface area contributed by atoms with Crippen molar-refractivity contribution in [3.8, 4) is 17.2 Å². The van der Waals surface area contributed by atoms with Crippen LogP contribution >= 0.6 is 0 Å². The van der Waals surface area contributed by atoms with Gasteiger partial charge in [-0.2, -0.15) is 0 Å². The van der Waals surface area contributed by atoms with Crippen LogP contribution in [0.25, 0.3) is 0 Å². The van der Waals surface area contributed by atoms with Crippen molar-refractivity contribution >= 4 is 5.91 Å². The quantitative estimate of drug-likeness (QED) is 0.749. The molecule has 0 aliphatic carbocycles. The molecular weight excluding hydrogens is 342 g/mol. The highest BCUT2D eigenvalue weighted by atomic mass is 16.5. The summed E-state index contributed by atoms with van der Waals surface area (Å²) in [5.74, 6) is 1.88. The predicted octanol–water partition coefficient (Wildman–Crippen LogP) is 4.36. The molecule has 146 valence electrons. The first-order chi connectivity index (χ1) is 12.9. The zero-order chi connectivity index (χ0) is 20.0. The Kier molecular flexibility index (Phi) is 7.11. The molecule has 0 saturated carbocycles. The lowest BCUT2D eigenvalue weighted by Crippen LogP contribution is -2.38. The average Bonchev–Trinajstić information content (AvgIpc) is 2.68. The fourth-order valence-corrected chi connectivity index (χ4v) is 2.86. The number of hydrogen-bond donors (Lipinski definition) is 1. The van der Waals surface area contributed by atoms with E-state index in [1.165, 1.54) is 0 Å². The normalized spacial score (nSPS) is 12.8. The highest BCUT2D eigenvalue weighted by Crippen LogP contribution is 2.31. The first kappa shape index (κ1) is 20.6. The zero-order valence-corrected chi connectivity index (χ0v) is 17.0. The molecular formula is C22H29NO4. The van der Waals surface area contributed by atoms with Gasteiger partial charge in [0.1, 0.15) is 5.75 Å². The lowest BCUT2D eigenvalue weighted by Gasteiger charge is -2.22. The molecule has 0 radical (unpaired) electrons. The summed E-state index contributed by atoms with van der Waals surface area (Å²) in [6, 6.07) is 11.5. The number of benzene rings is 2. The third kappa shape index (κ3) is 5.16. The molecule has 2 unspecified atom stereocenters. The van der Waals surface area contributed by atoms with E-state index in [1.807, 2.05) is 57.2 Å². The summed E-state index contributed by atoms with van der Waals surface area (Å²) < 4.78 is 16.5. The van der Waals surface area contributed by atoms with Crippen molar-refractivity contribution in [2.45, 2.75) is 46.3 Å². The van der Waals surface area contributed by atoms with Crippen LogP contribution in [0, 0.1) is 13.8 Å². The number of rotatable bonds is 8. The molecule has 2 rings (SSSR count). The standard InChI is InChI=1S/C22H29NO4/c1-7-18(17-10-11-19(25-5)21(13-17)26-6)23-22(24)16(4)27-20-12-14(2)8-9-15(20)3/h8-13,16,18H,7H2,1-6H3,(H,23,24). The second kappa shape index (κ2) is 9.31. The largest absolute Gasteiger partial charge is 0.493 e. The van der Waals surface area contributed by atoms with Gasteiger partial charge in [0.15, 0.2) is 17.6 Å². The van der Waals surface area contributed by atoms with Gasteiger partial charge in [0.25, 0.3) is 5.91 Å². The molecule has 1 N–H and O–H groups in total. The van der Waals surface area contributed by atoms with E-state index in [0.29, 0.717) is 11.5 Å². The Labute approximate surface area is 161 Å². The number of amides is 1. The van der Waals surface area contributed by atoms with Crippen molar-refractivity contribution in [1.29, 1.82) is 0 Å². The minimum atomic E-state index is -0.598. The van der Waals surface area contributed by atoms with E-state index in [2.05, 4.69) is 5.32 Å². The molecule has 2 atom stereocenters. The lowest BCUT2D eigenvalue weighted by atomic mass is 10.0. The molecule has 0 heterocycles. The van der Waals surface area contributed by atoms with Gasteiger partial charge in [0.05, 0.1) is 20.3 Å². The maximum absolute atomic E-state index is 12.7. The van der Waals surface area contributed by atoms with Crippen molar-refractivity contribution in [3.05, 3.63) is 53.1 Å². The fourth-order valence-electron chi connectivity index (χ4n) is 2.86. The van der Waals surface area contributed by atoms with E-state index in [0.717, 1.165) is 28.9 Å².